The van der Waals surface area contributed by atoms with Gasteiger partial charge in [-0.3, -0.25) is 4.79 Å². The summed E-state index contributed by atoms with van der Waals surface area (Å²) in [4.78, 5) is 54.7. The molecule has 40 heavy (non-hydrogen) atoms. The van der Waals surface area contributed by atoms with Gasteiger partial charge in [0.25, 0.3) is 5.91 Å². The van der Waals surface area contributed by atoms with Crippen molar-refractivity contribution in [3.05, 3.63) is 77.0 Å². The topological polar surface area (TPSA) is 169 Å². The van der Waals surface area contributed by atoms with Crippen molar-refractivity contribution in [2.75, 3.05) is 23.9 Å². The van der Waals surface area contributed by atoms with Gasteiger partial charge in [0.05, 0.1) is 18.7 Å². The first-order chi connectivity index (χ1) is 19.3. The minimum atomic E-state index is -1.26. The largest absolute Gasteiger partial charge is 0.495 e. The molecule has 3 N–H and O–H groups in total. The first-order valence-corrected chi connectivity index (χ1v) is 12.6. The number of carboxylic acid groups (broad SMARTS) is 1. The molecule has 0 saturated carbocycles. The molecule has 1 aliphatic rings. The van der Waals surface area contributed by atoms with Crippen LogP contribution in [0.5, 0.6) is 5.75 Å². The molecule has 13 nitrogen and oxygen atoms in total. The van der Waals surface area contributed by atoms with Crippen LogP contribution in [-0.2, 0) is 27.4 Å². The van der Waals surface area contributed by atoms with E-state index in [0.29, 0.717) is 42.1 Å². The minimum absolute atomic E-state index is 0.100. The number of hydrogen-bond acceptors (Lipinski definition) is 11. The van der Waals surface area contributed by atoms with Crippen molar-refractivity contribution in [2.45, 2.75) is 32.2 Å². The summed E-state index contributed by atoms with van der Waals surface area (Å²) in [7, 11) is 1.53. The Morgan fingerprint density at radius 2 is 1.98 bits per heavy atom. The smallest absolute Gasteiger partial charge is 0.332 e. The normalized spacial score (nSPS) is 14.7. The number of carbonyl (C=O) groups excluding carboxylic acids is 2. The third kappa shape index (κ3) is 7.41. The van der Waals surface area contributed by atoms with Crippen LogP contribution in [-0.4, -0.2) is 62.8 Å². The number of carbonyl (C=O) groups is 3. The zero-order valence-electron chi connectivity index (χ0n) is 21.4. The van der Waals surface area contributed by atoms with Gasteiger partial charge in [-0.05, 0) is 30.2 Å². The maximum atomic E-state index is 13.1. The number of nitrogens with zero attached hydrogens (tertiary/aromatic N) is 5. The van der Waals surface area contributed by atoms with E-state index in [4.69, 9.17) is 26.2 Å². The minimum Gasteiger partial charge on any atom is -0.495 e. The van der Waals surface area contributed by atoms with Crippen LogP contribution in [0.3, 0.4) is 0 Å². The number of aromatic nitrogens is 4. The van der Waals surface area contributed by atoms with Crippen LogP contribution in [0.1, 0.15) is 34.6 Å². The van der Waals surface area contributed by atoms with Crippen LogP contribution in [0.4, 0.5) is 11.8 Å². The number of halogens is 1. The number of rotatable bonds is 11. The van der Waals surface area contributed by atoms with E-state index >= 15 is 0 Å². The molecule has 0 aliphatic carbocycles. The summed E-state index contributed by atoms with van der Waals surface area (Å²) >= 11 is 6.26. The molecular weight excluding hydrogens is 542 g/mol. The number of aliphatic carboxylic acids is 1. The molecule has 2 aromatic heterocycles. The molecule has 1 aromatic carbocycles. The van der Waals surface area contributed by atoms with Crippen LogP contribution in [0.15, 0.2) is 55.0 Å². The highest BCUT2D eigenvalue weighted by atomic mass is 35.5. The van der Waals surface area contributed by atoms with Crippen molar-refractivity contribution in [1.82, 2.24) is 25.3 Å². The molecule has 4 rings (SSSR count). The lowest BCUT2D eigenvalue weighted by Crippen LogP contribution is -2.35. The van der Waals surface area contributed by atoms with E-state index in [1.807, 2.05) is 6.07 Å². The van der Waals surface area contributed by atoms with E-state index in [9.17, 15) is 14.4 Å². The standard InChI is InChI=1S/C26H26ClN7O6/c1-39-19-6-5-16(12-18(19)27)13-30-24-17(25(38)31-15-20-28-9-3-10-29-20)14-32-26(33-24)34-11-2-4-21(34)40-23(37)8-7-22(35)36/h3,5-10,12,14,21H,2,4,11,13,15H2,1H3,(H,31,38)(H,35,36)(H,30,32,33)/b8-7+/t21-/m0/s1. The summed E-state index contributed by atoms with van der Waals surface area (Å²) < 4.78 is 10.6. The van der Waals surface area contributed by atoms with E-state index < -0.39 is 24.1 Å². The van der Waals surface area contributed by atoms with E-state index in [1.54, 1.807) is 35.5 Å². The number of esters is 1. The van der Waals surface area contributed by atoms with Crippen molar-refractivity contribution >= 4 is 41.2 Å². The monoisotopic (exact) mass is 567 g/mol. The average molecular weight is 568 g/mol. The first-order valence-electron chi connectivity index (χ1n) is 12.2. The Bertz CT molecular complexity index is 1410. The fourth-order valence-electron chi connectivity index (χ4n) is 3.89. The van der Waals surface area contributed by atoms with Gasteiger partial charge in [-0.2, -0.15) is 4.98 Å². The Hall–Kier alpha value is -4.78. The maximum Gasteiger partial charge on any atom is 0.332 e. The second-order valence-corrected chi connectivity index (χ2v) is 8.91. The molecule has 1 fully saturated rings. The maximum absolute atomic E-state index is 13.1. The highest BCUT2D eigenvalue weighted by Gasteiger charge is 2.30. The van der Waals surface area contributed by atoms with Gasteiger partial charge in [-0.15, -0.1) is 0 Å². The molecule has 208 valence electrons. The van der Waals surface area contributed by atoms with Gasteiger partial charge >= 0.3 is 11.9 Å². The van der Waals surface area contributed by atoms with Crippen LogP contribution < -0.4 is 20.3 Å². The Labute approximate surface area is 234 Å². The number of amides is 1. The number of carboxylic acids is 1. The molecule has 0 spiro atoms. The van der Waals surface area contributed by atoms with Crippen LogP contribution >= 0.6 is 11.6 Å². The van der Waals surface area contributed by atoms with E-state index in [1.165, 1.54) is 13.3 Å². The van der Waals surface area contributed by atoms with E-state index in [2.05, 4.69) is 30.6 Å². The summed E-state index contributed by atoms with van der Waals surface area (Å²) in [6.07, 6.45) is 6.59. The summed E-state index contributed by atoms with van der Waals surface area (Å²) in [5.41, 5.74) is 0.990. The van der Waals surface area contributed by atoms with E-state index in [-0.39, 0.29) is 30.4 Å². The van der Waals surface area contributed by atoms with Gasteiger partial charge in [0, 0.05) is 50.3 Å². The van der Waals surface area contributed by atoms with Crippen molar-refractivity contribution in [3.8, 4) is 5.75 Å². The van der Waals surface area contributed by atoms with Gasteiger partial charge in [0.2, 0.25) is 5.95 Å². The average Bonchev–Trinajstić information content (AvgIpc) is 3.42. The quantitative estimate of drug-likeness (QED) is 0.229. The van der Waals surface area contributed by atoms with Gasteiger partial charge in [0.1, 0.15) is 23.0 Å². The lowest BCUT2D eigenvalue weighted by Gasteiger charge is -2.24. The molecule has 1 amide bonds. The van der Waals surface area contributed by atoms with Crippen LogP contribution in [0, 0.1) is 0 Å². The highest BCUT2D eigenvalue weighted by molar-refractivity contribution is 6.32. The van der Waals surface area contributed by atoms with Crippen molar-refractivity contribution in [1.29, 1.82) is 0 Å². The third-order valence-corrected chi connectivity index (χ3v) is 6.09. The molecule has 0 bridgehead atoms. The summed E-state index contributed by atoms with van der Waals surface area (Å²) in [6.45, 7) is 0.870. The van der Waals surface area contributed by atoms with Crippen LogP contribution in [0.25, 0.3) is 0 Å². The second-order valence-electron chi connectivity index (χ2n) is 8.50. The molecule has 0 unspecified atom stereocenters. The van der Waals surface area contributed by atoms with Gasteiger partial charge in [0.15, 0.2) is 6.23 Å². The van der Waals surface area contributed by atoms with Gasteiger partial charge < -0.3 is 30.1 Å². The highest BCUT2D eigenvalue weighted by Crippen LogP contribution is 2.27. The molecule has 1 aliphatic heterocycles. The number of ether oxygens (including phenoxy) is 2. The van der Waals surface area contributed by atoms with Crippen molar-refractivity contribution in [3.63, 3.8) is 0 Å². The van der Waals surface area contributed by atoms with Gasteiger partial charge in [-0.1, -0.05) is 17.7 Å². The Balaban J connectivity index is 1.56. The molecule has 1 atom stereocenters. The number of nitrogens with one attached hydrogen (secondary N) is 2. The number of hydrogen-bond donors (Lipinski definition) is 3. The predicted molar refractivity (Wildman–Crippen MR) is 144 cm³/mol. The molecule has 3 heterocycles. The lowest BCUT2D eigenvalue weighted by molar-refractivity contribution is -0.143. The summed E-state index contributed by atoms with van der Waals surface area (Å²) in [5.74, 6) is -1.06. The van der Waals surface area contributed by atoms with Gasteiger partial charge in [-0.25, -0.2) is 24.5 Å². The fourth-order valence-corrected chi connectivity index (χ4v) is 4.17. The zero-order chi connectivity index (χ0) is 28.5. The third-order valence-electron chi connectivity index (χ3n) is 5.79. The summed E-state index contributed by atoms with van der Waals surface area (Å²) in [6, 6.07) is 6.98. The zero-order valence-corrected chi connectivity index (χ0v) is 22.2. The van der Waals surface area contributed by atoms with Crippen molar-refractivity contribution < 1.29 is 29.0 Å². The fraction of sp³-hybridized carbons (Fsp3) is 0.269. The second kappa shape index (κ2) is 13.3. The molecule has 3 aromatic rings. The Morgan fingerprint density at radius 3 is 2.70 bits per heavy atom. The Morgan fingerprint density at radius 1 is 1.18 bits per heavy atom. The Kier molecular flexibility index (Phi) is 9.41. The number of benzene rings is 1. The predicted octanol–water partition coefficient (Wildman–Crippen LogP) is 2.58. The lowest BCUT2D eigenvalue weighted by atomic mass is 10.2. The molecule has 14 heteroatoms. The number of methoxy groups -OCH3 is 1. The van der Waals surface area contributed by atoms with Crippen LogP contribution in [0.2, 0.25) is 5.02 Å². The van der Waals surface area contributed by atoms with Crippen molar-refractivity contribution in [2.24, 2.45) is 0 Å². The number of anilines is 2. The van der Waals surface area contributed by atoms with E-state index in [0.717, 1.165) is 11.6 Å². The summed E-state index contributed by atoms with van der Waals surface area (Å²) in [5, 5.41) is 15.1. The molecular formula is C26H26ClN7O6. The molecule has 0 radical (unpaired) electrons. The SMILES string of the molecule is COc1ccc(CNc2nc(N3CCC[C@@H]3OC(=O)/C=C/C(=O)O)ncc2C(=O)NCc2ncccn2)cc1Cl. The first kappa shape index (κ1) is 28.2. The molecule has 1 saturated heterocycles.